The fourth-order valence-electron chi connectivity index (χ4n) is 2.70. The topological polar surface area (TPSA) is 71.1 Å². The summed E-state index contributed by atoms with van der Waals surface area (Å²) in [7, 11) is 0. The van der Waals surface area contributed by atoms with Gasteiger partial charge in [0.2, 0.25) is 0 Å². The van der Waals surface area contributed by atoms with Crippen LogP contribution in [0.15, 0.2) is 60.8 Å². The van der Waals surface area contributed by atoms with E-state index >= 15 is 0 Å². The zero-order valence-electron chi connectivity index (χ0n) is 15.5. The number of hydrogen-bond acceptors (Lipinski definition) is 4. The summed E-state index contributed by atoms with van der Waals surface area (Å²) in [5.41, 5.74) is 5.54. The second-order valence-corrected chi connectivity index (χ2v) is 6.46. The minimum Gasteiger partial charge on any atom is -0.354 e. The van der Waals surface area contributed by atoms with Gasteiger partial charge in [0.05, 0.1) is 11.9 Å². The van der Waals surface area contributed by atoms with E-state index in [-0.39, 0.29) is 11.7 Å². The van der Waals surface area contributed by atoms with E-state index in [1.54, 1.807) is 30.5 Å². The third-order valence-corrected chi connectivity index (χ3v) is 4.21. The van der Waals surface area contributed by atoms with Crippen LogP contribution in [0.1, 0.15) is 38.9 Å². The Morgan fingerprint density at radius 3 is 2.19 bits per heavy atom. The van der Waals surface area contributed by atoms with Crippen LogP contribution in [0.4, 0.5) is 17.1 Å². The maximum atomic E-state index is 12.4. The van der Waals surface area contributed by atoms with Gasteiger partial charge in [-0.1, -0.05) is 17.7 Å². The zero-order chi connectivity index (χ0) is 19.4. The van der Waals surface area contributed by atoms with E-state index in [0.29, 0.717) is 11.3 Å². The monoisotopic (exact) mass is 359 g/mol. The van der Waals surface area contributed by atoms with Gasteiger partial charge in [-0.15, -0.1) is 0 Å². The summed E-state index contributed by atoms with van der Waals surface area (Å²) in [6, 6.07) is 16.5. The summed E-state index contributed by atoms with van der Waals surface area (Å²) in [5.74, 6) is -0.221. The third kappa shape index (κ3) is 4.58. The number of pyridine rings is 1. The molecule has 0 saturated carbocycles. The first kappa shape index (κ1) is 18.3. The zero-order valence-corrected chi connectivity index (χ0v) is 15.5. The summed E-state index contributed by atoms with van der Waals surface area (Å²) < 4.78 is 0. The van der Waals surface area contributed by atoms with Crippen LogP contribution in [0.3, 0.4) is 0 Å². The number of benzene rings is 2. The molecule has 3 rings (SSSR count). The third-order valence-electron chi connectivity index (χ3n) is 4.21. The minimum absolute atomic E-state index is 0.0300. The lowest BCUT2D eigenvalue weighted by atomic mass is 10.1. The first-order valence-electron chi connectivity index (χ1n) is 8.65. The Hall–Kier alpha value is -3.47. The number of aryl methyl sites for hydroxylation is 2. The molecule has 3 aromatic rings. The molecule has 0 radical (unpaired) electrons. The number of nitrogens with zero attached hydrogens (tertiary/aromatic N) is 1. The molecular weight excluding hydrogens is 338 g/mol. The SMILES string of the molecule is CC(=O)c1ccc(Nc2ccc(C(=O)Nc3ccc(C)cc3C)nc2)cc1. The van der Waals surface area contributed by atoms with Gasteiger partial charge in [-0.3, -0.25) is 9.59 Å². The Labute approximate surface area is 158 Å². The van der Waals surface area contributed by atoms with Gasteiger partial charge in [-0.05, 0) is 68.8 Å². The number of aromatic nitrogens is 1. The number of nitrogens with one attached hydrogen (secondary N) is 2. The molecule has 0 aliphatic heterocycles. The molecule has 1 aromatic heterocycles. The number of carbonyl (C=O) groups excluding carboxylic acids is 2. The number of anilines is 3. The predicted molar refractivity (Wildman–Crippen MR) is 108 cm³/mol. The molecule has 0 atom stereocenters. The molecule has 0 spiro atoms. The standard InChI is InChI=1S/C22H21N3O2/c1-14-4-10-20(15(2)12-14)25-22(27)21-11-9-19(13-23-21)24-18-7-5-17(6-8-18)16(3)26/h4-13,24H,1-3H3,(H,25,27). The van der Waals surface area contributed by atoms with E-state index in [9.17, 15) is 9.59 Å². The molecule has 0 saturated heterocycles. The number of Topliss-reactive ketones (excluding diaryl/α,β-unsaturated/α-hetero) is 1. The molecule has 5 heteroatoms. The fourth-order valence-corrected chi connectivity index (χ4v) is 2.70. The normalized spacial score (nSPS) is 10.3. The van der Waals surface area contributed by atoms with Crippen molar-refractivity contribution in [2.24, 2.45) is 0 Å². The lowest BCUT2D eigenvalue weighted by molar-refractivity contribution is 0.101. The van der Waals surface area contributed by atoms with Crippen molar-refractivity contribution in [3.63, 3.8) is 0 Å². The number of amides is 1. The van der Waals surface area contributed by atoms with Crippen molar-refractivity contribution in [1.82, 2.24) is 4.98 Å². The highest BCUT2D eigenvalue weighted by molar-refractivity contribution is 6.03. The van der Waals surface area contributed by atoms with E-state index in [1.165, 1.54) is 6.92 Å². The van der Waals surface area contributed by atoms with Crippen LogP contribution in [-0.4, -0.2) is 16.7 Å². The largest absolute Gasteiger partial charge is 0.354 e. The van der Waals surface area contributed by atoms with Crippen molar-refractivity contribution in [3.05, 3.63) is 83.2 Å². The molecule has 0 fully saturated rings. The van der Waals surface area contributed by atoms with Crippen LogP contribution in [0, 0.1) is 13.8 Å². The van der Waals surface area contributed by atoms with Crippen molar-refractivity contribution in [1.29, 1.82) is 0 Å². The predicted octanol–water partition coefficient (Wildman–Crippen LogP) is 4.90. The lowest BCUT2D eigenvalue weighted by Gasteiger charge is -2.10. The van der Waals surface area contributed by atoms with Crippen LogP contribution >= 0.6 is 0 Å². The minimum atomic E-state index is -0.251. The number of hydrogen-bond donors (Lipinski definition) is 2. The Bertz CT molecular complexity index is 977. The molecule has 0 unspecified atom stereocenters. The molecule has 136 valence electrons. The molecule has 0 aliphatic carbocycles. The smallest absolute Gasteiger partial charge is 0.274 e. The van der Waals surface area contributed by atoms with Crippen LogP contribution in [0.2, 0.25) is 0 Å². The molecule has 2 aromatic carbocycles. The van der Waals surface area contributed by atoms with Gasteiger partial charge in [-0.2, -0.15) is 0 Å². The molecule has 27 heavy (non-hydrogen) atoms. The molecule has 0 aliphatic rings. The molecule has 5 nitrogen and oxygen atoms in total. The van der Waals surface area contributed by atoms with Crippen LogP contribution in [0.5, 0.6) is 0 Å². The molecule has 1 amide bonds. The Morgan fingerprint density at radius 1 is 0.889 bits per heavy atom. The maximum absolute atomic E-state index is 12.4. The summed E-state index contributed by atoms with van der Waals surface area (Å²) >= 11 is 0. The first-order valence-corrected chi connectivity index (χ1v) is 8.65. The number of ketones is 1. The molecular formula is C22H21N3O2. The van der Waals surface area contributed by atoms with Gasteiger partial charge in [-0.25, -0.2) is 4.98 Å². The van der Waals surface area contributed by atoms with Crippen molar-refractivity contribution in [2.75, 3.05) is 10.6 Å². The molecule has 2 N–H and O–H groups in total. The quantitative estimate of drug-likeness (QED) is 0.636. The number of rotatable bonds is 5. The van der Waals surface area contributed by atoms with E-state index in [1.807, 2.05) is 44.2 Å². The molecule has 0 bridgehead atoms. The van der Waals surface area contributed by atoms with Gasteiger partial charge in [0.15, 0.2) is 5.78 Å². The summed E-state index contributed by atoms with van der Waals surface area (Å²) in [4.78, 5) is 27.9. The second-order valence-electron chi connectivity index (χ2n) is 6.46. The number of carbonyl (C=O) groups is 2. The van der Waals surface area contributed by atoms with Gasteiger partial charge in [0.25, 0.3) is 5.91 Å². The Morgan fingerprint density at radius 2 is 1.59 bits per heavy atom. The average molecular weight is 359 g/mol. The maximum Gasteiger partial charge on any atom is 0.274 e. The Kier molecular flexibility index (Phi) is 5.31. The second kappa shape index (κ2) is 7.83. The van der Waals surface area contributed by atoms with Crippen molar-refractivity contribution < 1.29 is 9.59 Å². The van der Waals surface area contributed by atoms with E-state index in [2.05, 4.69) is 15.6 Å². The van der Waals surface area contributed by atoms with Crippen molar-refractivity contribution in [2.45, 2.75) is 20.8 Å². The van der Waals surface area contributed by atoms with E-state index in [0.717, 1.165) is 28.2 Å². The fraction of sp³-hybridized carbons (Fsp3) is 0.136. The van der Waals surface area contributed by atoms with Crippen LogP contribution in [-0.2, 0) is 0 Å². The Balaban J connectivity index is 1.67. The highest BCUT2D eigenvalue weighted by Gasteiger charge is 2.09. The van der Waals surface area contributed by atoms with Gasteiger partial charge >= 0.3 is 0 Å². The van der Waals surface area contributed by atoms with Crippen LogP contribution in [0.25, 0.3) is 0 Å². The summed E-state index contributed by atoms with van der Waals surface area (Å²) in [6.07, 6.45) is 1.61. The van der Waals surface area contributed by atoms with Crippen LogP contribution < -0.4 is 10.6 Å². The van der Waals surface area contributed by atoms with Gasteiger partial charge in [0.1, 0.15) is 5.69 Å². The lowest BCUT2D eigenvalue weighted by Crippen LogP contribution is -2.14. The van der Waals surface area contributed by atoms with Crippen molar-refractivity contribution in [3.8, 4) is 0 Å². The highest BCUT2D eigenvalue weighted by atomic mass is 16.2. The van der Waals surface area contributed by atoms with Gasteiger partial charge < -0.3 is 10.6 Å². The summed E-state index contributed by atoms with van der Waals surface area (Å²) in [6.45, 7) is 5.51. The average Bonchev–Trinajstić information content (AvgIpc) is 2.65. The van der Waals surface area contributed by atoms with Gasteiger partial charge in [0, 0.05) is 16.9 Å². The molecule has 1 heterocycles. The van der Waals surface area contributed by atoms with E-state index < -0.39 is 0 Å². The van der Waals surface area contributed by atoms with Crippen molar-refractivity contribution >= 4 is 28.8 Å². The van der Waals surface area contributed by atoms with E-state index in [4.69, 9.17) is 0 Å². The first-order chi connectivity index (χ1) is 12.9. The highest BCUT2D eigenvalue weighted by Crippen LogP contribution is 2.19. The summed E-state index contributed by atoms with van der Waals surface area (Å²) in [5, 5.41) is 6.08.